The Morgan fingerprint density at radius 3 is 3.12 bits per heavy atom. The molecule has 1 aromatic heterocycles. The number of aromatic nitrogens is 1. The van der Waals surface area contributed by atoms with Crippen molar-refractivity contribution in [2.75, 3.05) is 13.2 Å². The second kappa shape index (κ2) is 5.86. The molecule has 1 saturated heterocycles. The summed E-state index contributed by atoms with van der Waals surface area (Å²) >= 11 is 2.19. The zero-order valence-corrected chi connectivity index (χ0v) is 11.8. The third-order valence-electron chi connectivity index (χ3n) is 3.21. The molecule has 17 heavy (non-hydrogen) atoms. The molecule has 0 saturated carbocycles. The highest BCUT2D eigenvalue weighted by Gasteiger charge is 2.29. The summed E-state index contributed by atoms with van der Waals surface area (Å²) in [5, 5.41) is 8.86. The van der Waals surface area contributed by atoms with Crippen LogP contribution >= 0.6 is 22.6 Å². The minimum Gasteiger partial charge on any atom is -0.396 e. The van der Waals surface area contributed by atoms with Crippen molar-refractivity contribution in [3.63, 3.8) is 0 Å². The molecule has 2 N–H and O–H groups in total. The zero-order valence-electron chi connectivity index (χ0n) is 9.66. The summed E-state index contributed by atoms with van der Waals surface area (Å²) in [6.07, 6.45) is 5.65. The predicted molar refractivity (Wildman–Crippen MR) is 73.9 cm³/mol. The number of carbonyl (C=O) groups is 1. The SMILES string of the molecule is O=C(c1cc(I)c[nH]1)N1CCCC1CCCO. The maximum atomic E-state index is 12.3. The highest BCUT2D eigenvalue weighted by Crippen LogP contribution is 2.23. The number of rotatable bonds is 4. The van der Waals surface area contributed by atoms with E-state index in [4.69, 9.17) is 5.11 Å². The number of hydrogen-bond acceptors (Lipinski definition) is 2. The highest BCUT2D eigenvalue weighted by atomic mass is 127. The first kappa shape index (κ1) is 12.9. The summed E-state index contributed by atoms with van der Waals surface area (Å²) in [6.45, 7) is 1.05. The van der Waals surface area contributed by atoms with Crippen LogP contribution in [0.4, 0.5) is 0 Å². The van der Waals surface area contributed by atoms with E-state index in [1.807, 2.05) is 17.2 Å². The van der Waals surface area contributed by atoms with E-state index in [1.54, 1.807) is 0 Å². The third-order valence-corrected chi connectivity index (χ3v) is 3.83. The number of likely N-dealkylation sites (tertiary alicyclic amines) is 1. The maximum Gasteiger partial charge on any atom is 0.270 e. The van der Waals surface area contributed by atoms with Crippen LogP contribution in [0.15, 0.2) is 12.3 Å². The standard InChI is InChI=1S/C12H17IN2O2/c13-9-7-11(14-8-9)12(17)15-5-1-3-10(15)4-2-6-16/h7-8,10,14,16H,1-6H2. The van der Waals surface area contributed by atoms with Crippen molar-refractivity contribution >= 4 is 28.5 Å². The van der Waals surface area contributed by atoms with Crippen LogP contribution in [0.3, 0.4) is 0 Å². The van der Waals surface area contributed by atoms with Gasteiger partial charge in [-0.1, -0.05) is 0 Å². The van der Waals surface area contributed by atoms with Crippen molar-refractivity contribution in [3.8, 4) is 0 Å². The molecule has 1 atom stereocenters. The highest BCUT2D eigenvalue weighted by molar-refractivity contribution is 14.1. The molecule has 1 unspecified atom stereocenters. The van der Waals surface area contributed by atoms with E-state index in [2.05, 4.69) is 27.6 Å². The van der Waals surface area contributed by atoms with Gasteiger partial charge >= 0.3 is 0 Å². The average Bonchev–Trinajstić information content (AvgIpc) is 2.94. The Hall–Kier alpha value is -0.560. The zero-order chi connectivity index (χ0) is 12.3. The number of nitrogens with one attached hydrogen (secondary N) is 1. The molecule has 0 radical (unpaired) electrons. The molecular weight excluding hydrogens is 331 g/mol. The molecule has 94 valence electrons. The average molecular weight is 348 g/mol. The second-order valence-electron chi connectivity index (χ2n) is 4.39. The van der Waals surface area contributed by atoms with Gasteiger partial charge in [0.25, 0.3) is 5.91 Å². The van der Waals surface area contributed by atoms with Gasteiger partial charge in [0, 0.05) is 29.0 Å². The largest absolute Gasteiger partial charge is 0.396 e. The molecule has 0 aliphatic carbocycles. The van der Waals surface area contributed by atoms with E-state index in [0.29, 0.717) is 11.7 Å². The molecule has 2 rings (SSSR count). The number of aliphatic hydroxyl groups is 1. The molecule has 5 heteroatoms. The van der Waals surface area contributed by atoms with Gasteiger partial charge in [-0.25, -0.2) is 0 Å². The smallest absolute Gasteiger partial charge is 0.270 e. The van der Waals surface area contributed by atoms with Gasteiger partial charge < -0.3 is 15.0 Å². The monoisotopic (exact) mass is 348 g/mol. The second-order valence-corrected chi connectivity index (χ2v) is 5.64. The van der Waals surface area contributed by atoms with Crippen LogP contribution in [0.2, 0.25) is 0 Å². The molecule has 0 aromatic carbocycles. The molecule has 0 bridgehead atoms. The maximum absolute atomic E-state index is 12.3. The van der Waals surface area contributed by atoms with Crippen LogP contribution in [0.25, 0.3) is 0 Å². The minimum absolute atomic E-state index is 0.0911. The van der Waals surface area contributed by atoms with Crippen molar-refractivity contribution in [2.45, 2.75) is 31.7 Å². The fraction of sp³-hybridized carbons (Fsp3) is 0.583. The first-order valence-electron chi connectivity index (χ1n) is 5.98. The normalized spacial score (nSPS) is 19.9. The van der Waals surface area contributed by atoms with Gasteiger partial charge in [0.2, 0.25) is 0 Å². The van der Waals surface area contributed by atoms with Crippen LogP contribution in [0.1, 0.15) is 36.2 Å². The molecular formula is C12H17IN2O2. The summed E-state index contributed by atoms with van der Waals surface area (Å²) < 4.78 is 1.05. The lowest BCUT2D eigenvalue weighted by molar-refractivity contribution is 0.0719. The Labute approximate surface area is 115 Å². The lowest BCUT2D eigenvalue weighted by Crippen LogP contribution is -2.35. The Kier molecular flexibility index (Phi) is 4.44. The minimum atomic E-state index is 0.0911. The van der Waals surface area contributed by atoms with Crippen LogP contribution in [0.5, 0.6) is 0 Å². The molecule has 1 aromatic rings. The van der Waals surface area contributed by atoms with Gasteiger partial charge in [-0.2, -0.15) is 0 Å². The van der Waals surface area contributed by atoms with E-state index in [-0.39, 0.29) is 12.5 Å². The van der Waals surface area contributed by atoms with E-state index >= 15 is 0 Å². The first-order chi connectivity index (χ1) is 8.22. The summed E-state index contributed by atoms with van der Waals surface area (Å²) in [5.74, 6) is 0.0911. The van der Waals surface area contributed by atoms with E-state index in [0.717, 1.165) is 35.8 Å². The number of halogens is 1. The van der Waals surface area contributed by atoms with E-state index < -0.39 is 0 Å². The fourth-order valence-electron chi connectivity index (χ4n) is 2.38. The Morgan fingerprint density at radius 1 is 1.65 bits per heavy atom. The van der Waals surface area contributed by atoms with Crippen molar-refractivity contribution in [1.82, 2.24) is 9.88 Å². The van der Waals surface area contributed by atoms with Gasteiger partial charge in [0.15, 0.2) is 0 Å². The molecule has 1 fully saturated rings. The molecule has 1 aliphatic rings. The van der Waals surface area contributed by atoms with Crippen LogP contribution < -0.4 is 0 Å². The van der Waals surface area contributed by atoms with Crippen LogP contribution in [-0.4, -0.2) is 40.1 Å². The number of carbonyl (C=O) groups excluding carboxylic acids is 1. The van der Waals surface area contributed by atoms with E-state index in [9.17, 15) is 4.79 Å². The van der Waals surface area contributed by atoms with Crippen molar-refractivity contribution in [3.05, 3.63) is 21.5 Å². The first-order valence-corrected chi connectivity index (χ1v) is 7.06. The van der Waals surface area contributed by atoms with Crippen molar-refractivity contribution in [1.29, 1.82) is 0 Å². The number of aliphatic hydroxyl groups excluding tert-OH is 1. The van der Waals surface area contributed by atoms with Gasteiger partial charge in [-0.15, -0.1) is 0 Å². The third kappa shape index (κ3) is 3.01. The summed E-state index contributed by atoms with van der Waals surface area (Å²) in [5.41, 5.74) is 0.672. The van der Waals surface area contributed by atoms with Gasteiger partial charge in [-0.05, 0) is 54.3 Å². The van der Waals surface area contributed by atoms with E-state index in [1.165, 1.54) is 0 Å². The summed E-state index contributed by atoms with van der Waals surface area (Å²) in [6, 6.07) is 2.18. The lowest BCUT2D eigenvalue weighted by atomic mass is 10.1. The Bertz CT molecular complexity index is 392. The van der Waals surface area contributed by atoms with Crippen molar-refractivity contribution < 1.29 is 9.90 Å². The fourth-order valence-corrected chi connectivity index (χ4v) is 2.84. The molecule has 0 spiro atoms. The molecule has 2 heterocycles. The lowest BCUT2D eigenvalue weighted by Gasteiger charge is -2.24. The number of hydrogen-bond donors (Lipinski definition) is 2. The van der Waals surface area contributed by atoms with Crippen LogP contribution in [-0.2, 0) is 0 Å². The van der Waals surface area contributed by atoms with Gasteiger partial charge in [0.05, 0.1) is 0 Å². The Morgan fingerprint density at radius 2 is 2.47 bits per heavy atom. The number of amides is 1. The molecule has 4 nitrogen and oxygen atoms in total. The molecule has 1 amide bonds. The van der Waals surface area contributed by atoms with Gasteiger partial charge in [-0.3, -0.25) is 4.79 Å². The molecule has 1 aliphatic heterocycles. The van der Waals surface area contributed by atoms with Gasteiger partial charge in [0.1, 0.15) is 5.69 Å². The number of nitrogens with zero attached hydrogens (tertiary/aromatic N) is 1. The van der Waals surface area contributed by atoms with Crippen molar-refractivity contribution in [2.24, 2.45) is 0 Å². The Balaban J connectivity index is 2.03. The predicted octanol–water partition coefficient (Wildman–Crippen LogP) is 2.00. The quantitative estimate of drug-likeness (QED) is 0.818. The van der Waals surface area contributed by atoms with Crippen LogP contribution in [0, 0.1) is 3.57 Å². The number of H-pyrrole nitrogens is 1. The topological polar surface area (TPSA) is 56.3 Å². The summed E-state index contributed by atoms with van der Waals surface area (Å²) in [7, 11) is 0. The number of aromatic amines is 1. The summed E-state index contributed by atoms with van der Waals surface area (Å²) in [4.78, 5) is 17.2.